The maximum atomic E-state index is 12.3. The van der Waals surface area contributed by atoms with Gasteiger partial charge in [-0.2, -0.15) is 5.26 Å². The van der Waals surface area contributed by atoms with E-state index in [-0.39, 0.29) is 18.2 Å². The number of ether oxygens (including phenoxy) is 1. The molecule has 2 amide bonds. The molecule has 0 aromatic heterocycles. The molecule has 144 valence electrons. The fraction of sp³-hybridized carbons (Fsp3) is 0.474. The number of amides is 2. The van der Waals surface area contributed by atoms with Crippen molar-refractivity contribution in [3.63, 3.8) is 0 Å². The molecule has 1 aliphatic rings. The van der Waals surface area contributed by atoms with E-state index in [2.05, 4.69) is 16.7 Å². The smallest absolute Gasteiger partial charge is 0.308 e. The van der Waals surface area contributed by atoms with Gasteiger partial charge in [0, 0.05) is 4.90 Å². The Balaban J connectivity index is 1.93. The number of nitrogens with zero attached hydrogens (tertiary/aromatic N) is 1. The van der Waals surface area contributed by atoms with Gasteiger partial charge < -0.3 is 15.4 Å². The molecule has 0 radical (unpaired) electrons. The number of anilines is 1. The van der Waals surface area contributed by atoms with Crippen LogP contribution in [0.25, 0.3) is 0 Å². The Morgan fingerprint density at radius 1 is 1.37 bits per heavy atom. The first-order valence-electron chi connectivity index (χ1n) is 8.65. The van der Waals surface area contributed by atoms with Gasteiger partial charge in [0.2, 0.25) is 5.91 Å². The van der Waals surface area contributed by atoms with Crippen molar-refractivity contribution in [1.82, 2.24) is 5.32 Å². The molecule has 1 aromatic rings. The number of carbonyl (C=O) groups is 3. The summed E-state index contributed by atoms with van der Waals surface area (Å²) < 4.78 is 5.17. The second-order valence-corrected chi connectivity index (χ2v) is 8.13. The van der Waals surface area contributed by atoms with Gasteiger partial charge in [-0.15, -0.1) is 11.8 Å². The van der Waals surface area contributed by atoms with Crippen LogP contribution in [-0.2, 0) is 19.1 Å². The van der Waals surface area contributed by atoms with Crippen molar-refractivity contribution in [2.45, 2.75) is 55.9 Å². The standard InChI is InChI=1S/C19H23N3O4S/c1-11(2)19(4,10-20)22-17(24)12(3)26-16(23)9-15-18(25)21-13-7-5-6-8-14(13)27-15/h5-8,11-12,15H,9H2,1-4H3,(H,21,25)(H,22,24)/t12-,15+,19-/m0/s1. The first kappa shape index (κ1) is 20.8. The Kier molecular flexibility index (Phi) is 6.50. The van der Waals surface area contributed by atoms with Crippen LogP contribution in [0.15, 0.2) is 29.2 Å². The molecule has 3 atom stereocenters. The lowest BCUT2D eigenvalue weighted by molar-refractivity contribution is -0.155. The van der Waals surface area contributed by atoms with E-state index in [1.54, 1.807) is 13.0 Å². The van der Waals surface area contributed by atoms with Crippen molar-refractivity contribution in [2.24, 2.45) is 5.92 Å². The van der Waals surface area contributed by atoms with Gasteiger partial charge >= 0.3 is 5.97 Å². The number of fused-ring (bicyclic) bond motifs is 1. The van der Waals surface area contributed by atoms with Gasteiger partial charge in [0.15, 0.2) is 6.10 Å². The predicted molar refractivity (Wildman–Crippen MR) is 102 cm³/mol. The van der Waals surface area contributed by atoms with Crippen LogP contribution in [0.2, 0.25) is 0 Å². The van der Waals surface area contributed by atoms with E-state index < -0.39 is 28.8 Å². The molecule has 0 spiro atoms. The van der Waals surface area contributed by atoms with Gasteiger partial charge in [-0.1, -0.05) is 26.0 Å². The molecule has 1 heterocycles. The summed E-state index contributed by atoms with van der Waals surface area (Å²) >= 11 is 1.29. The van der Waals surface area contributed by atoms with Gasteiger partial charge in [-0.3, -0.25) is 14.4 Å². The summed E-state index contributed by atoms with van der Waals surface area (Å²) in [6.45, 7) is 6.69. The zero-order chi connectivity index (χ0) is 20.2. The lowest BCUT2D eigenvalue weighted by atomic mass is 9.90. The Bertz CT molecular complexity index is 789. The summed E-state index contributed by atoms with van der Waals surface area (Å²) in [7, 11) is 0. The van der Waals surface area contributed by atoms with E-state index in [1.165, 1.54) is 18.7 Å². The maximum absolute atomic E-state index is 12.3. The Labute approximate surface area is 162 Å². The summed E-state index contributed by atoms with van der Waals surface area (Å²) in [6.07, 6.45) is -1.21. The second kappa shape index (κ2) is 8.44. The van der Waals surface area contributed by atoms with Crippen molar-refractivity contribution in [3.05, 3.63) is 24.3 Å². The van der Waals surface area contributed by atoms with E-state index >= 15 is 0 Å². The molecule has 2 N–H and O–H groups in total. The monoisotopic (exact) mass is 389 g/mol. The highest BCUT2D eigenvalue weighted by Gasteiger charge is 2.34. The van der Waals surface area contributed by atoms with E-state index in [0.717, 1.165) is 4.90 Å². The first-order chi connectivity index (χ1) is 12.7. The van der Waals surface area contributed by atoms with Gasteiger partial charge in [0.05, 0.1) is 23.4 Å². The van der Waals surface area contributed by atoms with Crippen LogP contribution in [-0.4, -0.2) is 34.7 Å². The minimum absolute atomic E-state index is 0.114. The zero-order valence-electron chi connectivity index (χ0n) is 15.7. The number of thioether (sulfide) groups is 1. The van der Waals surface area contributed by atoms with Crippen LogP contribution in [0.4, 0.5) is 5.69 Å². The number of benzene rings is 1. The van der Waals surface area contributed by atoms with Crippen molar-refractivity contribution >= 4 is 35.2 Å². The van der Waals surface area contributed by atoms with Gasteiger partial charge in [0.1, 0.15) is 5.54 Å². The number of rotatable bonds is 6. The Hall–Kier alpha value is -2.53. The van der Waals surface area contributed by atoms with Crippen LogP contribution in [0.3, 0.4) is 0 Å². The predicted octanol–water partition coefficient (Wildman–Crippen LogP) is 2.48. The number of carbonyl (C=O) groups excluding carboxylic acids is 3. The maximum Gasteiger partial charge on any atom is 0.308 e. The highest BCUT2D eigenvalue weighted by Crippen LogP contribution is 2.36. The summed E-state index contributed by atoms with van der Waals surface area (Å²) in [5, 5.41) is 14.0. The fourth-order valence-corrected chi connectivity index (χ4v) is 3.43. The Morgan fingerprint density at radius 3 is 2.67 bits per heavy atom. The molecule has 0 unspecified atom stereocenters. The summed E-state index contributed by atoms with van der Waals surface area (Å²) in [6, 6.07) is 9.40. The molecule has 2 rings (SSSR count). The summed E-state index contributed by atoms with van der Waals surface area (Å²) in [5.74, 6) is -1.58. The van der Waals surface area contributed by atoms with Crippen LogP contribution < -0.4 is 10.6 Å². The van der Waals surface area contributed by atoms with E-state index in [9.17, 15) is 19.6 Å². The van der Waals surface area contributed by atoms with Crippen molar-refractivity contribution in [1.29, 1.82) is 5.26 Å². The normalized spacial score (nSPS) is 19.1. The molecule has 0 bridgehead atoms. The average molecular weight is 389 g/mol. The van der Waals surface area contributed by atoms with Gasteiger partial charge in [0.25, 0.3) is 5.91 Å². The molecular formula is C19H23N3O4S. The lowest BCUT2D eigenvalue weighted by Gasteiger charge is -2.28. The molecule has 7 nitrogen and oxygen atoms in total. The zero-order valence-corrected chi connectivity index (χ0v) is 16.6. The van der Waals surface area contributed by atoms with E-state index in [0.29, 0.717) is 5.69 Å². The molecular weight excluding hydrogens is 366 g/mol. The van der Waals surface area contributed by atoms with Crippen molar-refractivity contribution in [3.8, 4) is 6.07 Å². The van der Waals surface area contributed by atoms with Gasteiger partial charge in [-0.05, 0) is 31.9 Å². The number of nitrogens with one attached hydrogen (secondary N) is 2. The SMILES string of the molecule is CC(C)[C@](C)(C#N)NC(=O)[C@H](C)OC(=O)C[C@H]1Sc2ccccc2NC1=O. The molecule has 0 saturated carbocycles. The van der Waals surface area contributed by atoms with Gasteiger partial charge in [-0.25, -0.2) is 0 Å². The lowest BCUT2D eigenvalue weighted by Crippen LogP contribution is -2.52. The fourth-order valence-electron chi connectivity index (χ4n) is 2.34. The number of esters is 1. The van der Waals surface area contributed by atoms with Crippen molar-refractivity contribution in [2.75, 3.05) is 5.32 Å². The number of hydrogen-bond acceptors (Lipinski definition) is 6. The molecule has 1 aromatic carbocycles. The third kappa shape index (κ3) is 5.01. The molecule has 1 aliphatic heterocycles. The molecule has 8 heteroatoms. The quantitative estimate of drug-likeness (QED) is 0.724. The van der Waals surface area contributed by atoms with Crippen molar-refractivity contribution < 1.29 is 19.1 Å². The van der Waals surface area contributed by atoms with Crippen LogP contribution in [0.1, 0.15) is 34.1 Å². The second-order valence-electron chi connectivity index (χ2n) is 6.89. The van der Waals surface area contributed by atoms with Crippen LogP contribution in [0.5, 0.6) is 0 Å². The average Bonchev–Trinajstić information content (AvgIpc) is 2.61. The highest BCUT2D eigenvalue weighted by atomic mass is 32.2. The topological polar surface area (TPSA) is 108 Å². The van der Waals surface area contributed by atoms with Crippen LogP contribution in [0, 0.1) is 17.2 Å². The summed E-state index contributed by atoms with van der Waals surface area (Å²) in [4.78, 5) is 37.5. The number of hydrogen-bond donors (Lipinski definition) is 2. The molecule has 0 saturated heterocycles. The van der Waals surface area contributed by atoms with Crippen LogP contribution >= 0.6 is 11.8 Å². The third-order valence-electron chi connectivity index (χ3n) is 4.51. The number of nitriles is 1. The van der Waals surface area contributed by atoms with E-state index in [1.807, 2.05) is 32.0 Å². The molecule has 0 fully saturated rings. The molecule has 0 aliphatic carbocycles. The van der Waals surface area contributed by atoms with E-state index in [4.69, 9.17) is 4.74 Å². The minimum atomic E-state index is -1.06. The molecule has 27 heavy (non-hydrogen) atoms. The first-order valence-corrected chi connectivity index (χ1v) is 9.53. The third-order valence-corrected chi connectivity index (χ3v) is 5.78. The number of para-hydroxylation sites is 1. The minimum Gasteiger partial charge on any atom is -0.453 e. The summed E-state index contributed by atoms with van der Waals surface area (Å²) in [5.41, 5.74) is -0.338. The highest BCUT2D eigenvalue weighted by molar-refractivity contribution is 8.01. The Morgan fingerprint density at radius 2 is 2.04 bits per heavy atom. The largest absolute Gasteiger partial charge is 0.453 e.